The number of fused-ring (bicyclic) bond motifs is 1. The number of benzene rings is 1. The number of carbonyl (C=O) groups is 1. The van der Waals surface area contributed by atoms with E-state index in [-0.39, 0.29) is 5.91 Å². The maximum absolute atomic E-state index is 12.8. The van der Waals surface area contributed by atoms with Crippen LogP contribution in [-0.4, -0.2) is 15.9 Å². The molecule has 0 bridgehead atoms. The second-order valence-electron chi connectivity index (χ2n) is 5.71. The minimum atomic E-state index is -0.216. The highest BCUT2D eigenvalue weighted by Crippen LogP contribution is 2.27. The molecule has 0 fully saturated rings. The topological polar surface area (TPSA) is 68.0 Å². The Balaban J connectivity index is 1.77. The molecule has 3 aromatic heterocycles. The molecule has 0 radical (unpaired) electrons. The number of nitrogens with one attached hydrogen (secondary N) is 1. The van der Waals surface area contributed by atoms with Gasteiger partial charge in [0.05, 0.1) is 29.6 Å². The number of amides is 1. The number of furan rings is 1. The summed E-state index contributed by atoms with van der Waals surface area (Å²) < 4.78 is 5.26. The molecule has 1 amide bonds. The standard InChI is InChI=1S/C20H14ClN3O2/c21-14-3-4-18-16(10-14)17(20(25)23-12-15-2-1-9-26-15)11-19(24-18)13-5-7-22-8-6-13/h1-11H,12H2,(H,23,25). The Kier molecular flexibility index (Phi) is 4.37. The van der Waals surface area contributed by atoms with E-state index >= 15 is 0 Å². The SMILES string of the molecule is O=C(NCc1ccco1)c1cc(-c2ccncc2)nc2ccc(Cl)cc12. The van der Waals surface area contributed by atoms with Crippen molar-refractivity contribution < 1.29 is 9.21 Å². The van der Waals surface area contributed by atoms with Crippen molar-refractivity contribution in [2.75, 3.05) is 0 Å². The van der Waals surface area contributed by atoms with Gasteiger partial charge in [-0.25, -0.2) is 4.98 Å². The summed E-state index contributed by atoms with van der Waals surface area (Å²) in [6, 6.07) is 14.4. The van der Waals surface area contributed by atoms with Gasteiger partial charge in [-0.1, -0.05) is 11.6 Å². The van der Waals surface area contributed by atoms with Crippen LogP contribution in [0.25, 0.3) is 22.2 Å². The van der Waals surface area contributed by atoms with E-state index in [4.69, 9.17) is 16.0 Å². The third-order valence-electron chi connectivity index (χ3n) is 3.99. The van der Waals surface area contributed by atoms with Gasteiger partial charge >= 0.3 is 0 Å². The lowest BCUT2D eigenvalue weighted by atomic mass is 10.0. The van der Waals surface area contributed by atoms with E-state index in [1.54, 1.807) is 42.9 Å². The van der Waals surface area contributed by atoms with Crippen LogP contribution in [0.1, 0.15) is 16.1 Å². The first-order chi connectivity index (χ1) is 12.7. The van der Waals surface area contributed by atoms with Crippen LogP contribution in [0.15, 0.2) is 71.6 Å². The van der Waals surface area contributed by atoms with Crippen LogP contribution in [-0.2, 0) is 6.54 Å². The van der Waals surface area contributed by atoms with Gasteiger partial charge in [0.1, 0.15) is 5.76 Å². The lowest BCUT2D eigenvalue weighted by Crippen LogP contribution is -2.23. The summed E-state index contributed by atoms with van der Waals surface area (Å²) in [6.45, 7) is 0.306. The van der Waals surface area contributed by atoms with E-state index in [9.17, 15) is 4.79 Å². The molecule has 0 aliphatic rings. The first-order valence-corrected chi connectivity index (χ1v) is 8.40. The van der Waals surface area contributed by atoms with Crippen molar-refractivity contribution >= 4 is 28.4 Å². The molecule has 0 saturated heterocycles. The molecule has 6 heteroatoms. The zero-order valence-electron chi connectivity index (χ0n) is 13.6. The third-order valence-corrected chi connectivity index (χ3v) is 4.23. The van der Waals surface area contributed by atoms with E-state index in [0.29, 0.717) is 39.5 Å². The van der Waals surface area contributed by atoms with Gasteiger partial charge in [-0.2, -0.15) is 0 Å². The Bertz CT molecular complexity index is 1060. The highest BCUT2D eigenvalue weighted by atomic mass is 35.5. The Morgan fingerprint density at radius 1 is 1.12 bits per heavy atom. The van der Waals surface area contributed by atoms with Crippen LogP contribution in [0.5, 0.6) is 0 Å². The van der Waals surface area contributed by atoms with Crippen LogP contribution < -0.4 is 5.32 Å². The molecule has 4 rings (SSSR count). The van der Waals surface area contributed by atoms with Crippen molar-refractivity contribution in [3.05, 3.63) is 83.5 Å². The van der Waals surface area contributed by atoms with Gasteiger partial charge in [-0.15, -0.1) is 0 Å². The molecule has 0 aliphatic carbocycles. The number of hydrogen-bond donors (Lipinski definition) is 1. The van der Waals surface area contributed by atoms with Crippen molar-refractivity contribution in [2.24, 2.45) is 0 Å². The average Bonchev–Trinajstić information content (AvgIpc) is 3.19. The normalized spacial score (nSPS) is 10.8. The summed E-state index contributed by atoms with van der Waals surface area (Å²) in [5.74, 6) is 0.468. The summed E-state index contributed by atoms with van der Waals surface area (Å²) in [4.78, 5) is 21.5. The number of hydrogen-bond acceptors (Lipinski definition) is 4. The summed E-state index contributed by atoms with van der Waals surface area (Å²) in [5, 5.41) is 4.13. The Morgan fingerprint density at radius 2 is 1.96 bits per heavy atom. The van der Waals surface area contributed by atoms with E-state index in [0.717, 1.165) is 5.56 Å². The fraction of sp³-hybridized carbons (Fsp3) is 0.0500. The highest BCUT2D eigenvalue weighted by Gasteiger charge is 2.15. The molecule has 0 spiro atoms. The number of carbonyl (C=O) groups excluding carboxylic acids is 1. The summed E-state index contributed by atoms with van der Waals surface area (Å²) in [5.41, 5.74) is 2.80. The van der Waals surface area contributed by atoms with Crippen molar-refractivity contribution in [3.8, 4) is 11.3 Å². The van der Waals surface area contributed by atoms with Crippen LogP contribution in [0.2, 0.25) is 5.02 Å². The molecule has 3 heterocycles. The molecule has 0 atom stereocenters. The molecule has 0 aliphatic heterocycles. The summed E-state index contributed by atoms with van der Waals surface area (Å²) in [7, 11) is 0. The molecule has 0 saturated carbocycles. The number of nitrogens with zero attached hydrogens (tertiary/aromatic N) is 2. The maximum atomic E-state index is 12.8. The maximum Gasteiger partial charge on any atom is 0.252 e. The fourth-order valence-corrected chi connectivity index (χ4v) is 2.90. The first-order valence-electron chi connectivity index (χ1n) is 8.02. The first kappa shape index (κ1) is 16.3. The van der Waals surface area contributed by atoms with Gasteiger partial charge in [0, 0.05) is 28.4 Å². The van der Waals surface area contributed by atoms with Crippen molar-refractivity contribution in [2.45, 2.75) is 6.54 Å². The van der Waals surface area contributed by atoms with Gasteiger partial charge in [0.2, 0.25) is 0 Å². The zero-order chi connectivity index (χ0) is 17.9. The summed E-state index contributed by atoms with van der Waals surface area (Å²) >= 11 is 6.13. The Hall–Kier alpha value is -3.18. The predicted molar refractivity (Wildman–Crippen MR) is 99.9 cm³/mol. The molecule has 0 unspecified atom stereocenters. The predicted octanol–water partition coefficient (Wildman–Crippen LogP) is 4.47. The quantitative estimate of drug-likeness (QED) is 0.580. The Morgan fingerprint density at radius 3 is 2.73 bits per heavy atom. The minimum absolute atomic E-state index is 0.216. The Labute approximate surface area is 154 Å². The average molecular weight is 364 g/mol. The number of aromatic nitrogens is 2. The van der Waals surface area contributed by atoms with Crippen molar-refractivity contribution in [1.29, 1.82) is 0 Å². The highest BCUT2D eigenvalue weighted by molar-refractivity contribution is 6.31. The molecule has 26 heavy (non-hydrogen) atoms. The third kappa shape index (κ3) is 3.30. The van der Waals surface area contributed by atoms with E-state index < -0.39 is 0 Å². The van der Waals surface area contributed by atoms with Gasteiger partial charge in [0.25, 0.3) is 5.91 Å². The molecule has 4 aromatic rings. The molecule has 1 N–H and O–H groups in total. The van der Waals surface area contributed by atoms with E-state index in [2.05, 4.69) is 15.3 Å². The smallest absolute Gasteiger partial charge is 0.252 e. The number of pyridine rings is 2. The van der Waals surface area contributed by atoms with Gasteiger partial charge in [0.15, 0.2) is 0 Å². The van der Waals surface area contributed by atoms with Gasteiger partial charge in [-0.05, 0) is 48.5 Å². The second kappa shape index (κ2) is 6.98. The second-order valence-corrected chi connectivity index (χ2v) is 6.15. The lowest BCUT2D eigenvalue weighted by molar-refractivity contribution is 0.0949. The molecule has 5 nitrogen and oxygen atoms in total. The van der Waals surface area contributed by atoms with Crippen molar-refractivity contribution in [1.82, 2.24) is 15.3 Å². The molecular formula is C20H14ClN3O2. The minimum Gasteiger partial charge on any atom is -0.467 e. The van der Waals surface area contributed by atoms with Crippen LogP contribution in [0.4, 0.5) is 0 Å². The van der Waals surface area contributed by atoms with Gasteiger partial charge < -0.3 is 9.73 Å². The zero-order valence-corrected chi connectivity index (χ0v) is 14.4. The van der Waals surface area contributed by atoms with Gasteiger partial charge in [-0.3, -0.25) is 9.78 Å². The summed E-state index contributed by atoms with van der Waals surface area (Å²) in [6.07, 6.45) is 4.96. The van der Waals surface area contributed by atoms with Crippen LogP contribution in [0.3, 0.4) is 0 Å². The van der Waals surface area contributed by atoms with E-state index in [1.807, 2.05) is 24.3 Å². The van der Waals surface area contributed by atoms with Crippen LogP contribution >= 0.6 is 11.6 Å². The largest absolute Gasteiger partial charge is 0.467 e. The number of rotatable bonds is 4. The molecule has 1 aromatic carbocycles. The molecular weight excluding hydrogens is 350 g/mol. The van der Waals surface area contributed by atoms with Crippen LogP contribution in [0, 0.1) is 0 Å². The monoisotopic (exact) mass is 363 g/mol. The molecule has 128 valence electrons. The van der Waals surface area contributed by atoms with Crippen molar-refractivity contribution in [3.63, 3.8) is 0 Å². The lowest BCUT2D eigenvalue weighted by Gasteiger charge is -2.10. The number of halogens is 1. The van der Waals surface area contributed by atoms with E-state index in [1.165, 1.54) is 0 Å². The fourth-order valence-electron chi connectivity index (χ4n) is 2.73.